The first-order valence-electron chi connectivity index (χ1n) is 6.70. The molecule has 1 aromatic carbocycles. The van der Waals surface area contributed by atoms with Crippen molar-refractivity contribution in [1.29, 1.82) is 5.26 Å². The summed E-state index contributed by atoms with van der Waals surface area (Å²) in [5, 5.41) is 23.8. The number of thiazole rings is 1. The van der Waals surface area contributed by atoms with Gasteiger partial charge in [-0.2, -0.15) is 5.26 Å². The Labute approximate surface area is 141 Å². The van der Waals surface area contributed by atoms with Crippen molar-refractivity contribution in [2.45, 2.75) is 0 Å². The number of benzene rings is 1. The average Bonchev–Trinajstić information content (AvgIpc) is 3.23. The number of hydrogen-bond donors (Lipinski definition) is 1. The van der Waals surface area contributed by atoms with E-state index in [9.17, 15) is 10.4 Å². The molecular formula is C17H12N2O2S2. The van der Waals surface area contributed by atoms with Gasteiger partial charge in [-0.15, -0.1) is 22.7 Å². The summed E-state index contributed by atoms with van der Waals surface area (Å²) in [4.78, 5) is 5.60. The summed E-state index contributed by atoms with van der Waals surface area (Å²) in [6, 6.07) is 11.1. The van der Waals surface area contributed by atoms with Crippen LogP contribution in [0.25, 0.3) is 22.2 Å². The number of thiophene rings is 1. The molecule has 3 rings (SSSR count). The zero-order valence-corrected chi connectivity index (χ0v) is 13.8. The zero-order chi connectivity index (χ0) is 16.2. The predicted octanol–water partition coefficient (Wildman–Crippen LogP) is 4.65. The Kier molecular flexibility index (Phi) is 4.42. The quantitative estimate of drug-likeness (QED) is 0.702. The van der Waals surface area contributed by atoms with Crippen LogP contribution >= 0.6 is 22.7 Å². The van der Waals surface area contributed by atoms with E-state index in [1.165, 1.54) is 18.4 Å². The second-order valence-corrected chi connectivity index (χ2v) is 6.42. The number of nitrogens with zero attached hydrogens (tertiary/aromatic N) is 2. The Balaban J connectivity index is 1.94. The van der Waals surface area contributed by atoms with Gasteiger partial charge in [0, 0.05) is 5.38 Å². The van der Waals surface area contributed by atoms with Crippen LogP contribution in [0.15, 0.2) is 41.1 Å². The molecule has 114 valence electrons. The van der Waals surface area contributed by atoms with Crippen molar-refractivity contribution in [2.24, 2.45) is 0 Å². The molecule has 0 saturated heterocycles. The van der Waals surface area contributed by atoms with E-state index in [-0.39, 0.29) is 5.75 Å². The number of phenols is 1. The third-order valence-corrected chi connectivity index (χ3v) is 4.91. The lowest BCUT2D eigenvalue weighted by Gasteiger charge is -2.03. The molecule has 0 spiro atoms. The van der Waals surface area contributed by atoms with Gasteiger partial charge in [-0.1, -0.05) is 12.1 Å². The van der Waals surface area contributed by atoms with E-state index in [0.29, 0.717) is 21.9 Å². The summed E-state index contributed by atoms with van der Waals surface area (Å²) in [7, 11) is 1.49. The number of allylic oxidation sites excluding steroid dienone is 1. The fourth-order valence-corrected chi connectivity index (χ4v) is 3.59. The number of nitriles is 1. The highest BCUT2D eigenvalue weighted by Crippen LogP contribution is 2.31. The van der Waals surface area contributed by atoms with Crippen LogP contribution in [0, 0.1) is 11.3 Å². The normalized spacial score (nSPS) is 11.2. The van der Waals surface area contributed by atoms with Crippen molar-refractivity contribution in [3.8, 4) is 28.1 Å². The van der Waals surface area contributed by atoms with Gasteiger partial charge in [-0.05, 0) is 35.2 Å². The van der Waals surface area contributed by atoms with E-state index in [1.54, 1.807) is 35.6 Å². The maximum absolute atomic E-state index is 9.83. The highest BCUT2D eigenvalue weighted by Gasteiger charge is 2.10. The van der Waals surface area contributed by atoms with Crippen LogP contribution in [-0.4, -0.2) is 17.2 Å². The van der Waals surface area contributed by atoms with E-state index in [4.69, 9.17) is 4.74 Å². The third-order valence-electron chi connectivity index (χ3n) is 3.14. The molecule has 1 N–H and O–H groups in total. The molecule has 0 bridgehead atoms. The molecule has 0 aliphatic carbocycles. The topological polar surface area (TPSA) is 66.1 Å². The number of ether oxygens (including phenoxy) is 1. The van der Waals surface area contributed by atoms with Crippen LogP contribution in [0.5, 0.6) is 11.5 Å². The molecule has 6 heteroatoms. The van der Waals surface area contributed by atoms with E-state index in [2.05, 4.69) is 11.1 Å². The summed E-state index contributed by atoms with van der Waals surface area (Å²) >= 11 is 3.04. The molecule has 0 unspecified atom stereocenters. The monoisotopic (exact) mass is 340 g/mol. The van der Waals surface area contributed by atoms with E-state index < -0.39 is 0 Å². The first-order valence-corrected chi connectivity index (χ1v) is 8.46. The summed E-state index contributed by atoms with van der Waals surface area (Å²) in [5.41, 5.74) is 2.05. The molecule has 2 aromatic heterocycles. The van der Waals surface area contributed by atoms with Crippen LogP contribution in [0.3, 0.4) is 0 Å². The Bertz CT molecular complexity index is 890. The van der Waals surface area contributed by atoms with Gasteiger partial charge in [-0.3, -0.25) is 0 Å². The highest BCUT2D eigenvalue weighted by molar-refractivity contribution is 7.14. The van der Waals surface area contributed by atoms with Crippen molar-refractivity contribution in [3.63, 3.8) is 0 Å². The molecule has 0 saturated carbocycles. The van der Waals surface area contributed by atoms with Crippen LogP contribution in [0.4, 0.5) is 0 Å². The van der Waals surface area contributed by atoms with Gasteiger partial charge in [0.25, 0.3) is 0 Å². The Morgan fingerprint density at radius 2 is 2.22 bits per heavy atom. The van der Waals surface area contributed by atoms with E-state index >= 15 is 0 Å². The summed E-state index contributed by atoms with van der Waals surface area (Å²) in [6.45, 7) is 0. The number of phenolic OH excluding ortho intramolecular Hbond substituents is 1. The molecule has 0 amide bonds. The molecule has 2 heterocycles. The molecule has 0 atom stereocenters. The Hall–Kier alpha value is -2.62. The molecule has 0 aliphatic heterocycles. The number of methoxy groups -OCH3 is 1. The minimum atomic E-state index is 0.0388. The third kappa shape index (κ3) is 3.26. The maximum Gasteiger partial charge on any atom is 0.160 e. The smallest absolute Gasteiger partial charge is 0.160 e. The molecular weight excluding hydrogens is 328 g/mol. The lowest BCUT2D eigenvalue weighted by Crippen LogP contribution is -1.85. The number of aromatic hydroxyl groups is 1. The molecule has 0 radical (unpaired) electrons. The first-order chi connectivity index (χ1) is 11.2. The number of aromatic nitrogens is 1. The second kappa shape index (κ2) is 6.65. The molecule has 23 heavy (non-hydrogen) atoms. The molecule has 0 fully saturated rings. The summed E-state index contributed by atoms with van der Waals surface area (Å²) < 4.78 is 5.02. The fourth-order valence-electron chi connectivity index (χ4n) is 2.04. The van der Waals surface area contributed by atoms with E-state index in [0.717, 1.165) is 10.6 Å². The van der Waals surface area contributed by atoms with Gasteiger partial charge in [0.15, 0.2) is 11.5 Å². The highest BCUT2D eigenvalue weighted by atomic mass is 32.1. The first kappa shape index (κ1) is 15.3. The lowest BCUT2D eigenvalue weighted by atomic mass is 10.1. The number of hydrogen-bond acceptors (Lipinski definition) is 6. The van der Waals surface area contributed by atoms with Crippen molar-refractivity contribution >= 4 is 34.3 Å². The molecule has 3 aromatic rings. The lowest BCUT2D eigenvalue weighted by molar-refractivity contribution is 0.373. The van der Waals surface area contributed by atoms with Gasteiger partial charge < -0.3 is 9.84 Å². The van der Waals surface area contributed by atoms with Crippen LogP contribution in [0.1, 0.15) is 10.6 Å². The van der Waals surface area contributed by atoms with E-state index in [1.807, 2.05) is 22.9 Å². The second-order valence-electron chi connectivity index (χ2n) is 4.62. The largest absolute Gasteiger partial charge is 0.504 e. The minimum Gasteiger partial charge on any atom is -0.504 e. The molecule has 0 aliphatic rings. The average molecular weight is 340 g/mol. The van der Waals surface area contributed by atoms with Gasteiger partial charge in [-0.25, -0.2) is 4.98 Å². The standard InChI is InChI=1S/C17H12N2O2S2/c1-21-15-5-4-11(8-14(15)20)7-12(9-18)17-19-13(10-23-17)16-3-2-6-22-16/h2-8,10,20H,1H3/b12-7+. The minimum absolute atomic E-state index is 0.0388. The van der Waals surface area contributed by atoms with Gasteiger partial charge in [0.2, 0.25) is 0 Å². The van der Waals surface area contributed by atoms with Crippen molar-refractivity contribution in [1.82, 2.24) is 4.98 Å². The Morgan fingerprint density at radius 3 is 2.87 bits per heavy atom. The maximum atomic E-state index is 9.83. The van der Waals surface area contributed by atoms with Crippen LogP contribution in [-0.2, 0) is 0 Å². The number of rotatable bonds is 4. The SMILES string of the molecule is COc1ccc(/C=C(\C#N)c2nc(-c3cccs3)cs2)cc1O. The zero-order valence-electron chi connectivity index (χ0n) is 12.2. The summed E-state index contributed by atoms with van der Waals surface area (Å²) in [6.07, 6.45) is 1.70. The van der Waals surface area contributed by atoms with Crippen molar-refractivity contribution in [3.05, 3.63) is 51.7 Å². The Morgan fingerprint density at radius 1 is 1.35 bits per heavy atom. The van der Waals surface area contributed by atoms with Crippen LogP contribution < -0.4 is 4.74 Å². The van der Waals surface area contributed by atoms with Gasteiger partial charge in [0.1, 0.15) is 11.1 Å². The van der Waals surface area contributed by atoms with Gasteiger partial charge >= 0.3 is 0 Å². The predicted molar refractivity (Wildman–Crippen MR) is 93.6 cm³/mol. The van der Waals surface area contributed by atoms with Gasteiger partial charge in [0.05, 0.1) is 23.3 Å². The fraction of sp³-hybridized carbons (Fsp3) is 0.0588. The molecule has 4 nitrogen and oxygen atoms in total. The van der Waals surface area contributed by atoms with Crippen LogP contribution in [0.2, 0.25) is 0 Å². The van der Waals surface area contributed by atoms with Crippen molar-refractivity contribution in [2.75, 3.05) is 7.11 Å². The summed E-state index contributed by atoms with van der Waals surface area (Å²) in [5.74, 6) is 0.437. The van der Waals surface area contributed by atoms with Crippen molar-refractivity contribution < 1.29 is 9.84 Å².